The van der Waals surface area contributed by atoms with Crippen LogP contribution >= 0.6 is 11.8 Å². The maximum Gasteiger partial charge on any atom is 0.336 e. The van der Waals surface area contributed by atoms with Crippen LogP contribution < -0.4 is 0 Å². The van der Waals surface area contributed by atoms with Gasteiger partial charge in [-0.2, -0.15) is 11.8 Å². The van der Waals surface area contributed by atoms with Gasteiger partial charge in [-0.25, -0.2) is 4.79 Å². The van der Waals surface area contributed by atoms with Crippen molar-refractivity contribution >= 4 is 29.4 Å². The predicted molar refractivity (Wildman–Crippen MR) is 79.8 cm³/mol. The normalized spacial score (nSPS) is 22.4. The van der Waals surface area contributed by atoms with Gasteiger partial charge in [0.25, 0.3) is 0 Å². The molecule has 0 aliphatic carbocycles. The van der Waals surface area contributed by atoms with E-state index in [0.29, 0.717) is 23.6 Å². The van der Waals surface area contributed by atoms with Gasteiger partial charge in [-0.3, -0.25) is 9.79 Å². The Morgan fingerprint density at radius 3 is 2.55 bits per heavy atom. The van der Waals surface area contributed by atoms with Crippen molar-refractivity contribution in [1.29, 1.82) is 0 Å². The van der Waals surface area contributed by atoms with Crippen LogP contribution in [0.2, 0.25) is 0 Å². The summed E-state index contributed by atoms with van der Waals surface area (Å²) in [7, 11) is 1.34. The van der Waals surface area contributed by atoms with Crippen LogP contribution in [0.25, 0.3) is 0 Å². The Bertz CT molecular complexity index is 456. The van der Waals surface area contributed by atoms with Crippen molar-refractivity contribution in [3.05, 3.63) is 11.3 Å². The molecule has 0 spiro atoms. The Hall–Kier alpha value is -1.30. The molecule has 6 heteroatoms. The first kappa shape index (κ1) is 16.8. The third kappa shape index (κ3) is 3.62. The summed E-state index contributed by atoms with van der Waals surface area (Å²) in [6.45, 7) is 5.72. The number of carbonyl (C=O) groups excluding carboxylic acids is 2. The van der Waals surface area contributed by atoms with Gasteiger partial charge in [0.15, 0.2) is 0 Å². The van der Waals surface area contributed by atoms with Crippen LogP contribution in [0.5, 0.6) is 0 Å². The Kier molecular flexibility index (Phi) is 6.26. The topological polar surface area (TPSA) is 65.0 Å². The van der Waals surface area contributed by atoms with E-state index < -0.39 is 11.9 Å². The van der Waals surface area contributed by atoms with Crippen LogP contribution in [0.1, 0.15) is 20.8 Å². The Labute approximate surface area is 123 Å². The summed E-state index contributed by atoms with van der Waals surface area (Å²) >= 11 is 1.61. The number of thioether (sulfide) groups is 1. The Morgan fingerprint density at radius 1 is 1.35 bits per heavy atom. The lowest BCUT2D eigenvalue weighted by molar-refractivity contribution is -0.144. The highest BCUT2D eigenvalue weighted by molar-refractivity contribution is 7.98. The average molecular weight is 299 g/mol. The number of rotatable bonds is 5. The lowest BCUT2D eigenvalue weighted by Gasteiger charge is -2.28. The standard InChI is InChI=1S/C14H21NO4S/c1-8-11(13(16)18-4)9(2)15-10(3)12(8)14(17)19-6-7-20-5/h8,11H,6-7H2,1-5H3. The summed E-state index contributed by atoms with van der Waals surface area (Å²) in [4.78, 5) is 28.3. The summed E-state index contributed by atoms with van der Waals surface area (Å²) in [5.74, 6) is -0.835. The van der Waals surface area contributed by atoms with Crippen molar-refractivity contribution in [2.45, 2.75) is 20.8 Å². The molecular weight excluding hydrogens is 278 g/mol. The zero-order valence-corrected chi connectivity index (χ0v) is 13.4. The molecule has 0 aromatic rings. The number of hydrogen-bond acceptors (Lipinski definition) is 6. The van der Waals surface area contributed by atoms with E-state index in [-0.39, 0.29) is 11.9 Å². The predicted octanol–water partition coefficient (Wildman–Crippen LogP) is 2.07. The van der Waals surface area contributed by atoms with E-state index in [1.807, 2.05) is 13.2 Å². The maximum atomic E-state index is 12.1. The second-order valence-electron chi connectivity index (χ2n) is 4.67. The van der Waals surface area contributed by atoms with Crippen molar-refractivity contribution in [2.24, 2.45) is 16.8 Å². The highest BCUT2D eigenvalue weighted by atomic mass is 32.2. The van der Waals surface area contributed by atoms with Gasteiger partial charge in [-0.05, 0) is 20.1 Å². The lowest BCUT2D eigenvalue weighted by Crippen LogP contribution is -2.36. The number of hydrogen-bond donors (Lipinski definition) is 0. The fourth-order valence-corrected chi connectivity index (χ4v) is 2.63. The molecule has 0 aromatic heterocycles. The largest absolute Gasteiger partial charge is 0.468 e. The van der Waals surface area contributed by atoms with Gasteiger partial charge < -0.3 is 9.47 Å². The van der Waals surface area contributed by atoms with E-state index >= 15 is 0 Å². The molecule has 1 heterocycles. The molecule has 112 valence electrons. The molecule has 0 saturated carbocycles. The van der Waals surface area contributed by atoms with E-state index in [9.17, 15) is 9.59 Å². The second kappa shape index (κ2) is 7.47. The fraction of sp³-hybridized carbons (Fsp3) is 0.643. The van der Waals surface area contributed by atoms with Crippen molar-refractivity contribution in [2.75, 3.05) is 25.7 Å². The molecule has 0 N–H and O–H groups in total. The monoisotopic (exact) mass is 299 g/mol. The van der Waals surface area contributed by atoms with Crippen LogP contribution in [-0.2, 0) is 19.1 Å². The van der Waals surface area contributed by atoms with E-state index in [1.165, 1.54) is 7.11 Å². The first-order valence-corrected chi connectivity index (χ1v) is 7.83. The molecule has 2 unspecified atom stereocenters. The number of aliphatic imine (C=N–C) groups is 1. The fourth-order valence-electron chi connectivity index (χ4n) is 2.38. The van der Waals surface area contributed by atoms with Crippen molar-refractivity contribution in [1.82, 2.24) is 0 Å². The van der Waals surface area contributed by atoms with Gasteiger partial charge in [0.1, 0.15) is 12.5 Å². The zero-order valence-electron chi connectivity index (χ0n) is 12.6. The van der Waals surface area contributed by atoms with E-state index in [4.69, 9.17) is 9.47 Å². The van der Waals surface area contributed by atoms with Gasteiger partial charge in [0, 0.05) is 23.1 Å². The molecule has 1 aliphatic rings. The van der Waals surface area contributed by atoms with Gasteiger partial charge in [0.2, 0.25) is 0 Å². The second-order valence-corrected chi connectivity index (χ2v) is 5.66. The highest BCUT2D eigenvalue weighted by Gasteiger charge is 2.38. The molecule has 5 nitrogen and oxygen atoms in total. The van der Waals surface area contributed by atoms with Crippen molar-refractivity contribution in [3.8, 4) is 0 Å². The number of esters is 2. The maximum absolute atomic E-state index is 12.1. The smallest absolute Gasteiger partial charge is 0.336 e. The van der Waals surface area contributed by atoms with Gasteiger partial charge in [-0.15, -0.1) is 0 Å². The van der Waals surface area contributed by atoms with Crippen LogP contribution in [0.15, 0.2) is 16.3 Å². The summed E-state index contributed by atoms with van der Waals surface area (Å²) in [5.41, 5.74) is 1.75. The molecule has 1 aliphatic heterocycles. The molecule has 2 atom stereocenters. The quantitative estimate of drug-likeness (QED) is 0.574. The van der Waals surface area contributed by atoms with Gasteiger partial charge in [0.05, 0.1) is 12.7 Å². The van der Waals surface area contributed by atoms with Crippen LogP contribution in [0, 0.1) is 11.8 Å². The van der Waals surface area contributed by atoms with E-state index in [1.54, 1.807) is 25.6 Å². The molecule has 0 aromatic carbocycles. The minimum absolute atomic E-state index is 0.290. The zero-order chi connectivity index (χ0) is 15.3. The first-order valence-electron chi connectivity index (χ1n) is 6.43. The summed E-state index contributed by atoms with van der Waals surface area (Å²) in [6, 6.07) is 0. The lowest BCUT2D eigenvalue weighted by atomic mass is 9.81. The summed E-state index contributed by atoms with van der Waals surface area (Å²) in [5, 5.41) is 0. The number of methoxy groups -OCH3 is 1. The third-order valence-corrected chi connectivity index (χ3v) is 3.91. The molecule has 0 saturated heterocycles. The van der Waals surface area contributed by atoms with Crippen molar-refractivity contribution < 1.29 is 19.1 Å². The Balaban J connectivity index is 2.96. The first-order chi connectivity index (χ1) is 9.43. The molecule has 1 rings (SSSR count). The highest BCUT2D eigenvalue weighted by Crippen LogP contribution is 2.31. The van der Waals surface area contributed by atoms with Crippen LogP contribution in [0.3, 0.4) is 0 Å². The van der Waals surface area contributed by atoms with Crippen molar-refractivity contribution in [3.63, 3.8) is 0 Å². The summed E-state index contributed by atoms with van der Waals surface area (Å²) < 4.78 is 10.0. The van der Waals surface area contributed by atoms with E-state index in [0.717, 1.165) is 5.75 Å². The molecular formula is C14H21NO4S. The molecule has 0 radical (unpaired) electrons. The number of ether oxygens (including phenoxy) is 2. The number of nitrogens with zero attached hydrogens (tertiary/aromatic N) is 1. The van der Waals surface area contributed by atoms with Crippen LogP contribution in [-0.4, -0.2) is 43.4 Å². The minimum Gasteiger partial charge on any atom is -0.468 e. The minimum atomic E-state index is -0.521. The molecule has 0 amide bonds. The van der Waals surface area contributed by atoms with E-state index in [2.05, 4.69) is 4.99 Å². The molecule has 20 heavy (non-hydrogen) atoms. The SMILES string of the molecule is COC(=O)C1C(C)=NC(C)=C(C(=O)OCCSC)C1C. The summed E-state index contributed by atoms with van der Waals surface area (Å²) in [6.07, 6.45) is 1.95. The van der Waals surface area contributed by atoms with Crippen LogP contribution in [0.4, 0.5) is 0 Å². The van der Waals surface area contributed by atoms with Gasteiger partial charge in [-0.1, -0.05) is 6.92 Å². The average Bonchev–Trinajstić information content (AvgIpc) is 2.38. The number of allylic oxidation sites excluding steroid dienone is 1. The number of carbonyl (C=O) groups is 2. The molecule has 0 fully saturated rings. The van der Waals surface area contributed by atoms with Gasteiger partial charge >= 0.3 is 11.9 Å². The third-order valence-electron chi connectivity index (χ3n) is 3.33. The Morgan fingerprint density at radius 2 is 2.00 bits per heavy atom. The molecule has 0 bridgehead atoms.